The van der Waals surface area contributed by atoms with Gasteiger partial charge in [-0.2, -0.15) is 5.10 Å². The van der Waals surface area contributed by atoms with Gasteiger partial charge in [-0.3, -0.25) is 14.4 Å². The van der Waals surface area contributed by atoms with E-state index in [0.29, 0.717) is 0 Å². The van der Waals surface area contributed by atoms with Crippen LogP contribution in [0.25, 0.3) is 0 Å². The number of carbonyl (C=O) groups is 1. The number of nitrogens with zero attached hydrogens (tertiary/aromatic N) is 3. The molecule has 1 aliphatic heterocycles. The second kappa shape index (κ2) is 6.00. The lowest BCUT2D eigenvalue weighted by Crippen LogP contribution is -2.36. The first-order valence-electron chi connectivity index (χ1n) is 6.54. The van der Waals surface area contributed by atoms with Gasteiger partial charge in [0.1, 0.15) is 0 Å². The van der Waals surface area contributed by atoms with Crippen LogP contribution >= 0.6 is 0 Å². The van der Waals surface area contributed by atoms with Crippen LogP contribution in [0.2, 0.25) is 0 Å². The fourth-order valence-corrected chi connectivity index (χ4v) is 2.41. The van der Waals surface area contributed by atoms with Crippen molar-refractivity contribution in [2.24, 2.45) is 5.92 Å². The smallest absolute Gasteiger partial charge is 0.308 e. The number of carbonyl (C=O) groups excluding carboxylic acids is 1. The predicted molar refractivity (Wildman–Crippen MR) is 67.9 cm³/mol. The second-order valence-electron chi connectivity index (χ2n) is 4.78. The number of piperidine rings is 1. The van der Waals surface area contributed by atoms with E-state index in [0.717, 1.165) is 39.0 Å². The third-order valence-corrected chi connectivity index (χ3v) is 3.54. The van der Waals surface area contributed by atoms with Crippen LogP contribution in [0.3, 0.4) is 0 Å². The lowest BCUT2D eigenvalue weighted by atomic mass is 9.97. The van der Waals surface area contributed by atoms with Crippen LogP contribution in [-0.4, -0.2) is 40.8 Å². The number of hydrogen-bond donors (Lipinski definition) is 0. The number of aryl methyl sites for hydroxylation is 1. The molecular formula is C13H21N3O2. The van der Waals surface area contributed by atoms with Gasteiger partial charge < -0.3 is 4.74 Å². The van der Waals surface area contributed by atoms with Gasteiger partial charge in [0.15, 0.2) is 0 Å². The van der Waals surface area contributed by atoms with Crippen molar-refractivity contribution in [2.75, 3.05) is 20.2 Å². The summed E-state index contributed by atoms with van der Waals surface area (Å²) in [5.74, 6) is 0.0260. The van der Waals surface area contributed by atoms with Gasteiger partial charge in [0, 0.05) is 24.8 Å². The number of aromatic nitrogens is 2. The monoisotopic (exact) mass is 251 g/mol. The first-order chi connectivity index (χ1) is 8.72. The lowest BCUT2D eigenvalue weighted by molar-refractivity contribution is -0.147. The first kappa shape index (κ1) is 13.1. The first-order valence-corrected chi connectivity index (χ1v) is 6.54. The Bertz CT molecular complexity index is 395. The highest BCUT2D eigenvalue weighted by molar-refractivity contribution is 5.72. The van der Waals surface area contributed by atoms with Crippen LogP contribution < -0.4 is 0 Å². The molecule has 5 heteroatoms. The molecule has 2 rings (SSSR count). The Morgan fingerprint density at radius 1 is 1.50 bits per heavy atom. The Balaban J connectivity index is 1.81. The van der Waals surface area contributed by atoms with E-state index in [9.17, 15) is 4.79 Å². The number of esters is 1. The van der Waals surface area contributed by atoms with Gasteiger partial charge in [-0.1, -0.05) is 0 Å². The summed E-state index contributed by atoms with van der Waals surface area (Å²) >= 11 is 0. The zero-order chi connectivity index (χ0) is 13.0. The summed E-state index contributed by atoms with van der Waals surface area (Å²) in [6.07, 6.45) is 5.81. The molecule has 18 heavy (non-hydrogen) atoms. The van der Waals surface area contributed by atoms with Gasteiger partial charge >= 0.3 is 5.97 Å². The van der Waals surface area contributed by atoms with Gasteiger partial charge in [0.05, 0.1) is 19.2 Å². The minimum atomic E-state index is -0.0616. The van der Waals surface area contributed by atoms with Crippen molar-refractivity contribution < 1.29 is 9.53 Å². The third-order valence-electron chi connectivity index (χ3n) is 3.54. The van der Waals surface area contributed by atoms with Gasteiger partial charge in [-0.05, 0) is 32.9 Å². The zero-order valence-corrected chi connectivity index (χ0v) is 11.1. The summed E-state index contributed by atoms with van der Waals surface area (Å²) in [6, 6.07) is 0. The molecule has 2 heterocycles. The van der Waals surface area contributed by atoms with Gasteiger partial charge in [-0.15, -0.1) is 0 Å². The molecule has 0 radical (unpaired) electrons. The molecular weight excluding hydrogens is 230 g/mol. The molecule has 1 saturated heterocycles. The Morgan fingerprint density at radius 2 is 2.22 bits per heavy atom. The maximum Gasteiger partial charge on any atom is 0.308 e. The van der Waals surface area contributed by atoms with Crippen molar-refractivity contribution in [3.8, 4) is 0 Å². The van der Waals surface area contributed by atoms with E-state index in [-0.39, 0.29) is 11.9 Å². The van der Waals surface area contributed by atoms with E-state index in [4.69, 9.17) is 4.74 Å². The van der Waals surface area contributed by atoms with E-state index < -0.39 is 0 Å². The molecule has 1 aromatic heterocycles. The van der Waals surface area contributed by atoms with Crippen molar-refractivity contribution in [3.05, 3.63) is 18.0 Å². The molecule has 0 atom stereocenters. The Morgan fingerprint density at radius 3 is 2.78 bits per heavy atom. The van der Waals surface area contributed by atoms with E-state index in [2.05, 4.69) is 23.1 Å². The number of ether oxygens (including phenoxy) is 1. The van der Waals surface area contributed by atoms with Crippen molar-refractivity contribution in [2.45, 2.75) is 32.9 Å². The summed E-state index contributed by atoms with van der Waals surface area (Å²) in [6.45, 7) is 5.82. The number of methoxy groups -OCH3 is 1. The zero-order valence-electron chi connectivity index (χ0n) is 11.1. The molecule has 0 bridgehead atoms. The Kier molecular flexibility index (Phi) is 4.36. The number of rotatable bonds is 4. The van der Waals surface area contributed by atoms with Crippen LogP contribution in [0.1, 0.15) is 25.3 Å². The molecule has 0 aromatic carbocycles. The quantitative estimate of drug-likeness (QED) is 0.757. The van der Waals surface area contributed by atoms with E-state index in [1.165, 1.54) is 12.7 Å². The number of likely N-dealkylation sites (tertiary alicyclic amines) is 1. The van der Waals surface area contributed by atoms with Crippen LogP contribution in [0.15, 0.2) is 12.4 Å². The van der Waals surface area contributed by atoms with Gasteiger partial charge in [0.2, 0.25) is 0 Å². The molecule has 0 spiro atoms. The normalized spacial score (nSPS) is 17.9. The fraction of sp³-hybridized carbons (Fsp3) is 0.692. The van der Waals surface area contributed by atoms with E-state index in [1.54, 1.807) is 0 Å². The second-order valence-corrected chi connectivity index (χ2v) is 4.78. The van der Waals surface area contributed by atoms with Gasteiger partial charge in [0.25, 0.3) is 0 Å². The van der Waals surface area contributed by atoms with Crippen molar-refractivity contribution in [1.29, 1.82) is 0 Å². The fourth-order valence-electron chi connectivity index (χ4n) is 2.41. The van der Waals surface area contributed by atoms with Crippen molar-refractivity contribution in [3.63, 3.8) is 0 Å². The Hall–Kier alpha value is -1.36. The molecule has 0 saturated carbocycles. The number of hydrogen-bond acceptors (Lipinski definition) is 4. The minimum Gasteiger partial charge on any atom is -0.469 e. The summed E-state index contributed by atoms with van der Waals surface area (Å²) in [5, 5.41) is 4.27. The highest BCUT2D eigenvalue weighted by Gasteiger charge is 2.25. The Labute approximate surface area is 108 Å². The molecule has 1 aromatic rings. The maximum atomic E-state index is 11.4. The minimum absolute atomic E-state index is 0.0616. The van der Waals surface area contributed by atoms with Crippen LogP contribution in [0.4, 0.5) is 0 Å². The molecule has 5 nitrogen and oxygen atoms in total. The maximum absolute atomic E-state index is 11.4. The summed E-state index contributed by atoms with van der Waals surface area (Å²) in [5.41, 5.74) is 1.24. The molecule has 1 fully saturated rings. The molecule has 0 amide bonds. The lowest BCUT2D eigenvalue weighted by Gasteiger charge is -2.30. The van der Waals surface area contributed by atoms with Gasteiger partial charge in [-0.25, -0.2) is 0 Å². The third kappa shape index (κ3) is 3.10. The molecule has 100 valence electrons. The molecule has 0 N–H and O–H groups in total. The standard InChI is InChI=1S/C13H21N3O2/c1-3-16-10-11(8-14-16)9-15-6-4-12(5-7-15)13(17)18-2/h8,10,12H,3-7,9H2,1-2H3. The van der Waals surface area contributed by atoms with Crippen molar-refractivity contribution >= 4 is 5.97 Å². The SMILES string of the molecule is CCn1cc(CN2CCC(C(=O)OC)CC2)cn1. The predicted octanol–water partition coefficient (Wildman–Crippen LogP) is 1.29. The largest absolute Gasteiger partial charge is 0.469 e. The van der Waals surface area contributed by atoms with Crippen LogP contribution in [0, 0.1) is 5.92 Å². The molecule has 0 aliphatic carbocycles. The average molecular weight is 251 g/mol. The van der Waals surface area contributed by atoms with E-state index >= 15 is 0 Å². The molecule has 0 unspecified atom stereocenters. The topological polar surface area (TPSA) is 47.4 Å². The summed E-state index contributed by atoms with van der Waals surface area (Å²) in [7, 11) is 1.47. The van der Waals surface area contributed by atoms with Crippen molar-refractivity contribution in [1.82, 2.24) is 14.7 Å². The van der Waals surface area contributed by atoms with Crippen LogP contribution in [-0.2, 0) is 22.6 Å². The highest BCUT2D eigenvalue weighted by Crippen LogP contribution is 2.19. The van der Waals surface area contributed by atoms with Crippen LogP contribution in [0.5, 0.6) is 0 Å². The average Bonchev–Trinajstić information content (AvgIpc) is 2.86. The molecule has 1 aliphatic rings. The highest BCUT2D eigenvalue weighted by atomic mass is 16.5. The van der Waals surface area contributed by atoms with E-state index in [1.807, 2.05) is 10.9 Å². The summed E-state index contributed by atoms with van der Waals surface area (Å²) < 4.78 is 6.73. The summed E-state index contributed by atoms with van der Waals surface area (Å²) in [4.78, 5) is 13.8.